The fourth-order valence-electron chi connectivity index (χ4n) is 2.20. The molecule has 1 aliphatic rings. The van der Waals surface area contributed by atoms with Crippen molar-refractivity contribution in [1.82, 2.24) is 4.90 Å². The van der Waals surface area contributed by atoms with Crippen LogP contribution in [-0.4, -0.2) is 23.9 Å². The van der Waals surface area contributed by atoms with Gasteiger partial charge in [0.25, 0.3) is 0 Å². The number of likely N-dealkylation sites (tertiary alicyclic amines) is 1. The van der Waals surface area contributed by atoms with Crippen molar-refractivity contribution in [2.24, 2.45) is 5.73 Å². The normalized spacial score (nSPS) is 25.9. The van der Waals surface area contributed by atoms with Crippen LogP contribution in [0.25, 0.3) is 0 Å². The van der Waals surface area contributed by atoms with E-state index in [2.05, 4.69) is 0 Å². The lowest BCUT2D eigenvalue weighted by Gasteiger charge is -2.37. The molecule has 0 spiro atoms. The molecule has 2 atom stereocenters. The molecule has 0 radical (unpaired) electrons. The SMILES string of the molecule is CN1C(=O)CCC(N)C1c1ccc(Cl)cc1. The van der Waals surface area contributed by atoms with Crippen molar-refractivity contribution in [1.29, 1.82) is 0 Å². The number of hydrogen-bond acceptors (Lipinski definition) is 2. The predicted molar refractivity (Wildman–Crippen MR) is 64.2 cm³/mol. The molecular weight excluding hydrogens is 224 g/mol. The van der Waals surface area contributed by atoms with E-state index in [4.69, 9.17) is 17.3 Å². The number of rotatable bonds is 1. The number of amides is 1. The molecule has 1 heterocycles. The Labute approximate surface area is 100 Å². The summed E-state index contributed by atoms with van der Waals surface area (Å²) >= 11 is 5.84. The first-order valence-corrected chi connectivity index (χ1v) is 5.74. The Morgan fingerprint density at radius 2 is 2.00 bits per heavy atom. The smallest absolute Gasteiger partial charge is 0.222 e. The number of piperidine rings is 1. The van der Waals surface area contributed by atoms with Crippen LogP contribution in [0.4, 0.5) is 0 Å². The van der Waals surface area contributed by atoms with E-state index >= 15 is 0 Å². The molecule has 1 aliphatic heterocycles. The molecule has 1 aromatic rings. The second kappa shape index (κ2) is 4.44. The first-order chi connectivity index (χ1) is 7.59. The largest absolute Gasteiger partial charge is 0.337 e. The van der Waals surface area contributed by atoms with Crippen LogP contribution in [0, 0.1) is 0 Å². The van der Waals surface area contributed by atoms with Crippen molar-refractivity contribution in [2.45, 2.75) is 24.9 Å². The van der Waals surface area contributed by atoms with Crippen LogP contribution in [0.5, 0.6) is 0 Å². The predicted octanol–water partition coefficient (Wildman–Crippen LogP) is 1.96. The minimum atomic E-state index is -0.0292. The fourth-order valence-corrected chi connectivity index (χ4v) is 2.32. The number of likely N-dealkylation sites (N-methyl/N-ethyl adjacent to an activating group) is 1. The van der Waals surface area contributed by atoms with E-state index < -0.39 is 0 Å². The molecule has 4 heteroatoms. The maximum atomic E-state index is 11.6. The highest BCUT2D eigenvalue weighted by Crippen LogP contribution is 2.30. The van der Waals surface area contributed by atoms with Crippen molar-refractivity contribution in [2.75, 3.05) is 7.05 Å². The van der Waals surface area contributed by atoms with Gasteiger partial charge in [0.2, 0.25) is 5.91 Å². The average Bonchev–Trinajstić information content (AvgIpc) is 2.27. The number of benzene rings is 1. The van der Waals surface area contributed by atoms with Crippen LogP contribution in [0.2, 0.25) is 5.02 Å². The Bertz CT molecular complexity index is 391. The highest BCUT2D eigenvalue weighted by Gasteiger charge is 2.32. The van der Waals surface area contributed by atoms with E-state index in [9.17, 15) is 4.79 Å². The fraction of sp³-hybridized carbons (Fsp3) is 0.417. The number of halogens is 1. The summed E-state index contributed by atoms with van der Waals surface area (Å²) in [6.07, 6.45) is 1.29. The van der Waals surface area contributed by atoms with Gasteiger partial charge in [0.15, 0.2) is 0 Å². The van der Waals surface area contributed by atoms with Gasteiger partial charge in [-0.1, -0.05) is 23.7 Å². The van der Waals surface area contributed by atoms with E-state index in [1.165, 1.54) is 0 Å². The van der Waals surface area contributed by atoms with E-state index in [0.29, 0.717) is 11.4 Å². The third kappa shape index (κ3) is 2.06. The molecule has 0 saturated carbocycles. The monoisotopic (exact) mass is 238 g/mol. The zero-order chi connectivity index (χ0) is 11.7. The van der Waals surface area contributed by atoms with E-state index in [1.54, 1.807) is 11.9 Å². The lowest BCUT2D eigenvalue weighted by atomic mass is 9.91. The lowest BCUT2D eigenvalue weighted by molar-refractivity contribution is -0.135. The second-order valence-corrected chi connectivity index (χ2v) is 4.64. The highest BCUT2D eigenvalue weighted by atomic mass is 35.5. The van der Waals surface area contributed by atoms with Gasteiger partial charge in [0.1, 0.15) is 0 Å². The van der Waals surface area contributed by atoms with Crippen molar-refractivity contribution >= 4 is 17.5 Å². The first kappa shape index (κ1) is 11.4. The van der Waals surface area contributed by atoms with Crippen molar-refractivity contribution < 1.29 is 4.79 Å². The average molecular weight is 239 g/mol. The molecule has 2 N–H and O–H groups in total. The molecule has 1 amide bonds. The summed E-state index contributed by atoms with van der Waals surface area (Å²) in [7, 11) is 1.81. The summed E-state index contributed by atoms with van der Waals surface area (Å²) in [5.74, 6) is 0.154. The van der Waals surface area contributed by atoms with Crippen LogP contribution < -0.4 is 5.73 Å². The minimum absolute atomic E-state index is 0.00359. The number of carbonyl (C=O) groups excluding carboxylic acids is 1. The van der Waals surface area contributed by atoms with E-state index in [-0.39, 0.29) is 18.0 Å². The number of nitrogens with two attached hydrogens (primary N) is 1. The molecule has 1 aromatic carbocycles. The van der Waals surface area contributed by atoms with Crippen LogP contribution in [-0.2, 0) is 4.79 Å². The Morgan fingerprint density at radius 1 is 1.38 bits per heavy atom. The number of nitrogens with zero attached hydrogens (tertiary/aromatic N) is 1. The summed E-state index contributed by atoms with van der Waals surface area (Å²) in [5, 5.41) is 0.696. The van der Waals surface area contributed by atoms with Gasteiger partial charge in [-0.25, -0.2) is 0 Å². The molecule has 1 fully saturated rings. The van der Waals surface area contributed by atoms with Gasteiger partial charge in [0, 0.05) is 24.5 Å². The first-order valence-electron chi connectivity index (χ1n) is 5.36. The molecule has 16 heavy (non-hydrogen) atoms. The maximum Gasteiger partial charge on any atom is 0.222 e. The van der Waals surface area contributed by atoms with Gasteiger partial charge in [-0.3, -0.25) is 4.79 Å². The van der Waals surface area contributed by atoms with Gasteiger partial charge in [-0.15, -0.1) is 0 Å². The Hall–Kier alpha value is -1.06. The molecule has 3 nitrogen and oxygen atoms in total. The van der Waals surface area contributed by atoms with E-state index in [1.807, 2.05) is 24.3 Å². The maximum absolute atomic E-state index is 11.6. The van der Waals surface area contributed by atoms with Gasteiger partial charge in [-0.05, 0) is 24.1 Å². The van der Waals surface area contributed by atoms with E-state index in [0.717, 1.165) is 12.0 Å². The number of hydrogen-bond donors (Lipinski definition) is 1. The highest BCUT2D eigenvalue weighted by molar-refractivity contribution is 6.30. The summed E-state index contributed by atoms with van der Waals surface area (Å²) in [4.78, 5) is 13.4. The molecule has 0 aromatic heterocycles. The Morgan fingerprint density at radius 3 is 2.62 bits per heavy atom. The Kier molecular flexibility index (Phi) is 3.17. The summed E-state index contributed by atoms with van der Waals surface area (Å²) in [6.45, 7) is 0. The Balaban J connectivity index is 2.29. The van der Waals surface area contributed by atoms with Gasteiger partial charge < -0.3 is 10.6 Å². The van der Waals surface area contributed by atoms with Gasteiger partial charge in [-0.2, -0.15) is 0 Å². The zero-order valence-electron chi connectivity index (χ0n) is 9.19. The standard InChI is InChI=1S/C12H15ClN2O/c1-15-11(16)7-6-10(14)12(15)8-2-4-9(13)5-3-8/h2-5,10,12H,6-7,14H2,1H3. The number of carbonyl (C=O) groups is 1. The molecule has 2 unspecified atom stereocenters. The third-order valence-electron chi connectivity index (χ3n) is 3.12. The summed E-state index contributed by atoms with van der Waals surface area (Å²) in [6, 6.07) is 7.50. The van der Waals surface area contributed by atoms with Gasteiger partial charge >= 0.3 is 0 Å². The topological polar surface area (TPSA) is 46.3 Å². The van der Waals surface area contributed by atoms with Crippen LogP contribution in [0.15, 0.2) is 24.3 Å². The molecule has 2 rings (SSSR count). The van der Waals surface area contributed by atoms with Crippen molar-refractivity contribution in [3.63, 3.8) is 0 Å². The van der Waals surface area contributed by atoms with Crippen molar-refractivity contribution in [3.8, 4) is 0 Å². The minimum Gasteiger partial charge on any atom is -0.337 e. The molecule has 0 aliphatic carbocycles. The zero-order valence-corrected chi connectivity index (χ0v) is 9.95. The molecular formula is C12H15ClN2O. The van der Waals surface area contributed by atoms with Crippen LogP contribution in [0.1, 0.15) is 24.4 Å². The second-order valence-electron chi connectivity index (χ2n) is 4.20. The van der Waals surface area contributed by atoms with Crippen LogP contribution in [0.3, 0.4) is 0 Å². The third-order valence-corrected chi connectivity index (χ3v) is 3.37. The molecule has 86 valence electrons. The summed E-state index contributed by atoms with van der Waals surface area (Å²) < 4.78 is 0. The summed E-state index contributed by atoms with van der Waals surface area (Å²) in [5.41, 5.74) is 7.12. The van der Waals surface area contributed by atoms with Crippen molar-refractivity contribution in [3.05, 3.63) is 34.9 Å². The molecule has 0 bridgehead atoms. The molecule has 1 saturated heterocycles. The van der Waals surface area contributed by atoms with Gasteiger partial charge in [0.05, 0.1) is 6.04 Å². The lowest BCUT2D eigenvalue weighted by Crippen LogP contribution is -2.46. The van der Waals surface area contributed by atoms with Crippen LogP contribution >= 0.6 is 11.6 Å². The quantitative estimate of drug-likeness (QED) is 0.813.